The van der Waals surface area contributed by atoms with Crippen LogP contribution in [0.15, 0.2) is 24.3 Å². The van der Waals surface area contributed by atoms with Crippen LogP contribution in [0.2, 0.25) is 0 Å². The molecule has 0 aliphatic carbocycles. The van der Waals surface area contributed by atoms with Gasteiger partial charge in [0.1, 0.15) is 0 Å². The molecule has 0 saturated carbocycles. The Morgan fingerprint density at radius 2 is 1.76 bits per heavy atom. The summed E-state index contributed by atoms with van der Waals surface area (Å²) in [5.74, 6) is 0.0407. The molecule has 3 heteroatoms. The average Bonchev–Trinajstić information content (AvgIpc) is 2.26. The van der Waals surface area contributed by atoms with E-state index in [2.05, 4.69) is 48.7 Å². The van der Waals surface area contributed by atoms with Gasteiger partial charge in [-0.05, 0) is 33.3 Å². The van der Waals surface area contributed by atoms with Crippen molar-refractivity contribution in [1.29, 1.82) is 0 Å². The molecule has 0 bridgehead atoms. The first-order valence-electron chi connectivity index (χ1n) is 6.08. The zero-order chi connectivity index (χ0) is 12.8. The Labute approximate surface area is 104 Å². The first-order chi connectivity index (χ1) is 7.99. The maximum absolute atomic E-state index is 11.5. The van der Waals surface area contributed by atoms with Gasteiger partial charge in [-0.1, -0.05) is 29.8 Å². The van der Waals surface area contributed by atoms with Gasteiger partial charge < -0.3 is 10.6 Å². The summed E-state index contributed by atoms with van der Waals surface area (Å²) in [5.41, 5.74) is 2.45. The second-order valence-electron chi connectivity index (χ2n) is 4.74. The van der Waals surface area contributed by atoms with Crippen LogP contribution in [0.3, 0.4) is 0 Å². The van der Waals surface area contributed by atoms with Crippen molar-refractivity contribution >= 4 is 5.91 Å². The van der Waals surface area contributed by atoms with Crippen molar-refractivity contribution in [2.24, 2.45) is 0 Å². The van der Waals surface area contributed by atoms with Crippen LogP contribution < -0.4 is 10.6 Å². The van der Waals surface area contributed by atoms with Gasteiger partial charge in [0.05, 0.1) is 6.54 Å². The fourth-order valence-electron chi connectivity index (χ4n) is 1.59. The lowest BCUT2D eigenvalue weighted by Crippen LogP contribution is -2.38. The summed E-state index contributed by atoms with van der Waals surface area (Å²) < 4.78 is 0. The van der Waals surface area contributed by atoms with Crippen LogP contribution in [-0.4, -0.2) is 18.5 Å². The lowest BCUT2D eigenvalue weighted by molar-refractivity contribution is -0.120. The molecule has 1 rings (SSSR count). The van der Waals surface area contributed by atoms with E-state index in [4.69, 9.17) is 0 Å². The molecule has 1 aromatic rings. The summed E-state index contributed by atoms with van der Waals surface area (Å²) >= 11 is 0. The van der Waals surface area contributed by atoms with Crippen molar-refractivity contribution < 1.29 is 4.79 Å². The Kier molecular flexibility index (Phi) is 5.16. The maximum atomic E-state index is 11.5. The van der Waals surface area contributed by atoms with Crippen LogP contribution in [0, 0.1) is 6.92 Å². The van der Waals surface area contributed by atoms with Gasteiger partial charge in [0.2, 0.25) is 5.91 Å². The number of amides is 1. The van der Waals surface area contributed by atoms with Gasteiger partial charge in [-0.3, -0.25) is 4.79 Å². The molecule has 1 aromatic carbocycles. The number of aryl methyl sites for hydroxylation is 1. The van der Waals surface area contributed by atoms with Crippen LogP contribution in [-0.2, 0) is 4.79 Å². The van der Waals surface area contributed by atoms with Gasteiger partial charge in [-0.2, -0.15) is 0 Å². The second-order valence-corrected chi connectivity index (χ2v) is 4.74. The Balaban J connectivity index is 2.42. The van der Waals surface area contributed by atoms with Gasteiger partial charge in [-0.25, -0.2) is 0 Å². The quantitative estimate of drug-likeness (QED) is 0.820. The van der Waals surface area contributed by atoms with E-state index in [1.165, 1.54) is 11.1 Å². The standard InChI is InChI=1S/C14H22N2O/c1-10(2)16-14(17)9-15-12(4)13-7-5-11(3)6-8-13/h5-8,10,12,15H,9H2,1-4H3,(H,16,17). The number of carbonyl (C=O) groups is 1. The Bertz CT molecular complexity index is 357. The van der Waals surface area contributed by atoms with Gasteiger partial charge in [0.25, 0.3) is 0 Å². The van der Waals surface area contributed by atoms with Crippen molar-refractivity contribution in [3.63, 3.8) is 0 Å². The predicted octanol–water partition coefficient (Wildman–Crippen LogP) is 2.17. The summed E-state index contributed by atoms with van der Waals surface area (Å²) in [5, 5.41) is 6.07. The lowest BCUT2D eigenvalue weighted by atomic mass is 10.1. The van der Waals surface area contributed by atoms with Crippen LogP contribution in [0.5, 0.6) is 0 Å². The fourth-order valence-corrected chi connectivity index (χ4v) is 1.59. The van der Waals surface area contributed by atoms with Gasteiger partial charge in [-0.15, -0.1) is 0 Å². The molecular weight excluding hydrogens is 212 g/mol. The third-order valence-electron chi connectivity index (χ3n) is 2.60. The smallest absolute Gasteiger partial charge is 0.234 e. The van der Waals surface area contributed by atoms with Crippen molar-refractivity contribution in [3.05, 3.63) is 35.4 Å². The minimum absolute atomic E-state index is 0.0407. The van der Waals surface area contributed by atoms with Crippen molar-refractivity contribution in [1.82, 2.24) is 10.6 Å². The highest BCUT2D eigenvalue weighted by Crippen LogP contribution is 2.12. The molecule has 17 heavy (non-hydrogen) atoms. The molecule has 0 fully saturated rings. The fraction of sp³-hybridized carbons (Fsp3) is 0.500. The van der Waals surface area contributed by atoms with Gasteiger partial charge >= 0.3 is 0 Å². The first kappa shape index (κ1) is 13.7. The number of nitrogens with one attached hydrogen (secondary N) is 2. The highest BCUT2D eigenvalue weighted by atomic mass is 16.1. The zero-order valence-electron chi connectivity index (χ0n) is 11.1. The minimum atomic E-state index is 0.0407. The number of rotatable bonds is 5. The van der Waals surface area contributed by atoms with Crippen LogP contribution in [0.4, 0.5) is 0 Å². The highest BCUT2D eigenvalue weighted by Gasteiger charge is 2.07. The van der Waals surface area contributed by atoms with E-state index >= 15 is 0 Å². The molecule has 0 aliphatic heterocycles. The molecule has 0 aliphatic rings. The van der Waals surface area contributed by atoms with E-state index in [0.29, 0.717) is 6.54 Å². The molecule has 2 N–H and O–H groups in total. The monoisotopic (exact) mass is 234 g/mol. The van der Waals surface area contributed by atoms with Crippen LogP contribution >= 0.6 is 0 Å². The third kappa shape index (κ3) is 5.00. The SMILES string of the molecule is Cc1ccc(C(C)NCC(=O)NC(C)C)cc1. The van der Waals surface area contributed by atoms with E-state index < -0.39 is 0 Å². The summed E-state index contributed by atoms with van der Waals surface area (Å²) in [4.78, 5) is 11.5. The van der Waals surface area contributed by atoms with Crippen LogP contribution in [0.1, 0.15) is 37.9 Å². The van der Waals surface area contributed by atoms with Crippen LogP contribution in [0.25, 0.3) is 0 Å². The molecule has 0 radical (unpaired) electrons. The van der Waals surface area contributed by atoms with E-state index in [1.807, 2.05) is 13.8 Å². The van der Waals surface area contributed by atoms with Crippen molar-refractivity contribution in [2.75, 3.05) is 6.54 Å². The molecule has 0 heterocycles. The summed E-state index contributed by atoms with van der Waals surface area (Å²) in [7, 11) is 0. The molecular formula is C14H22N2O. The summed E-state index contributed by atoms with van der Waals surface area (Å²) in [6, 6.07) is 8.73. The Morgan fingerprint density at radius 1 is 1.18 bits per heavy atom. The molecule has 0 spiro atoms. The average molecular weight is 234 g/mol. The highest BCUT2D eigenvalue weighted by molar-refractivity contribution is 5.78. The zero-order valence-corrected chi connectivity index (χ0v) is 11.1. The first-order valence-corrected chi connectivity index (χ1v) is 6.08. The van der Waals surface area contributed by atoms with E-state index in [-0.39, 0.29) is 18.0 Å². The third-order valence-corrected chi connectivity index (χ3v) is 2.60. The lowest BCUT2D eigenvalue weighted by Gasteiger charge is -2.15. The number of benzene rings is 1. The molecule has 0 aromatic heterocycles. The summed E-state index contributed by atoms with van der Waals surface area (Å²) in [6.45, 7) is 8.40. The van der Waals surface area contributed by atoms with E-state index in [9.17, 15) is 4.79 Å². The van der Waals surface area contributed by atoms with Gasteiger partial charge in [0, 0.05) is 12.1 Å². The molecule has 0 saturated heterocycles. The van der Waals surface area contributed by atoms with E-state index in [1.54, 1.807) is 0 Å². The second kappa shape index (κ2) is 6.40. The predicted molar refractivity (Wildman–Crippen MR) is 70.9 cm³/mol. The molecule has 1 amide bonds. The number of carbonyl (C=O) groups excluding carboxylic acids is 1. The molecule has 1 atom stereocenters. The molecule has 94 valence electrons. The largest absolute Gasteiger partial charge is 0.353 e. The topological polar surface area (TPSA) is 41.1 Å². The molecule has 1 unspecified atom stereocenters. The Morgan fingerprint density at radius 3 is 2.29 bits per heavy atom. The number of hydrogen-bond donors (Lipinski definition) is 2. The summed E-state index contributed by atoms with van der Waals surface area (Å²) in [6.07, 6.45) is 0. The normalized spacial score (nSPS) is 12.5. The Hall–Kier alpha value is -1.35. The molecule has 3 nitrogen and oxygen atoms in total. The van der Waals surface area contributed by atoms with Gasteiger partial charge in [0.15, 0.2) is 0 Å². The van der Waals surface area contributed by atoms with Crippen molar-refractivity contribution in [3.8, 4) is 0 Å². The van der Waals surface area contributed by atoms with Crippen molar-refractivity contribution in [2.45, 2.75) is 39.8 Å². The number of hydrogen-bond acceptors (Lipinski definition) is 2. The van der Waals surface area contributed by atoms with E-state index in [0.717, 1.165) is 0 Å². The minimum Gasteiger partial charge on any atom is -0.353 e. The maximum Gasteiger partial charge on any atom is 0.234 e.